The van der Waals surface area contributed by atoms with Gasteiger partial charge in [-0.25, -0.2) is 4.98 Å². The average molecular weight is 264 g/mol. The molecule has 0 unspecified atom stereocenters. The van der Waals surface area contributed by atoms with Gasteiger partial charge in [-0.1, -0.05) is 6.07 Å². The van der Waals surface area contributed by atoms with Crippen LogP contribution >= 0.6 is 0 Å². The molecule has 3 rings (SSSR count). The molecule has 6 nitrogen and oxygen atoms in total. The van der Waals surface area contributed by atoms with E-state index < -0.39 is 11.4 Å². The molecule has 0 radical (unpaired) electrons. The molecule has 98 valence electrons. The van der Waals surface area contributed by atoms with Crippen LogP contribution in [0.15, 0.2) is 29.2 Å². The highest BCUT2D eigenvalue weighted by atomic mass is 19.1. The minimum absolute atomic E-state index is 0.0379. The molecule has 19 heavy (non-hydrogen) atoms. The molecule has 1 aliphatic rings. The summed E-state index contributed by atoms with van der Waals surface area (Å²) in [4.78, 5) is 16.8. The van der Waals surface area contributed by atoms with Crippen molar-refractivity contribution in [2.75, 3.05) is 6.79 Å². The van der Waals surface area contributed by atoms with Crippen LogP contribution in [0.2, 0.25) is 0 Å². The Hall–Kier alpha value is -2.57. The first-order valence-corrected chi connectivity index (χ1v) is 5.48. The van der Waals surface area contributed by atoms with Crippen LogP contribution < -0.4 is 19.8 Å². The number of nitrogens with one attached hydrogen (secondary N) is 1. The molecule has 0 spiro atoms. The van der Waals surface area contributed by atoms with E-state index in [9.17, 15) is 9.18 Å². The number of aromatic nitrogens is 2. The second-order valence-corrected chi connectivity index (χ2v) is 3.84. The fourth-order valence-corrected chi connectivity index (χ4v) is 1.62. The predicted octanol–water partition coefficient (Wildman–Crippen LogP) is 1.22. The Labute approximate surface area is 106 Å². The minimum Gasteiger partial charge on any atom is -0.460 e. The SMILES string of the molecule is O=c1[nH]c(OCc2ccc3c(c2)OCO3)ncc1F. The van der Waals surface area contributed by atoms with Crippen molar-refractivity contribution in [3.05, 3.63) is 46.1 Å². The van der Waals surface area contributed by atoms with Crippen molar-refractivity contribution >= 4 is 0 Å². The Morgan fingerprint density at radius 2 is 2.21 bits per heavy atom. The standard InChI is InChI=1S/C12H9FN2O4/c13-8-4-14-12(15-11(8)16)17-5-7-1-2-9-10(3-7)19-6-18-9/h1-4H,5-6H2,(H,14,15,16). The minimum atomic E-state index is -0.949. The lowest BCUT2D eigenvalue weighted by atomic mass is 10.2. The van der Waals surface area contributed by atoms with Crippen LogP contribution in [0.1, 0.15) is 5.56 Å². The Bertz CT molecular complexity index is 671. The second kappa shape index (κ2) is 4.60. The van der Waals surface area contributed by atoms with E-state index in [0.717, 1.165) is 11.8 Å². The summed E-state index contributed by atoms with van der Waals surface area (Å²) in [7, 11) is 0. The summed E-state index contributed by atoms with van der Waals surface area (Å²) in [6.45, 7) is 0.373. The summed E-state index contributed by atoms with van der Waals surface area (Å²) in [6, 6.07) is 5.30. The zero-order chi connectivity index (χ0) is 13.2. The molecule has 0 atom stereocenters. The van der Waals surface area contributed by atoms with Crippen LogP contribution in [0.3, 0.4) is 0 Å². The number of ether oxygens (including phenoxy) is 3. The summed E-state index contributed by atoms with van der Waals surface area (Å²) in [6.07, 6.45) is 0.813. The number of fused-ring (bicyclic) bond motifs is 1. The molecule has 0 saturated carbocycles. The number of H-pyrrole nitrogens is 1. The smallest absolute Gasteiger partial charge is 0.296 e. The third-order valence-electron chi connectivity index (χ3n) is 2.55. The Morgan fingerprint density at radius 3 is 3.05 bits per heavy atom. The molecule has 0 amide bonds. The third-order valence-corrected chi connectivity index (χ3v) is 2.55. The normalized spacial score (nSPS) is 12.5. The molecule has 0 fully saturated rings. The van der Waals surface area contributed by atoms with Gasteiger partial charge in [0.1, 0.15) is 6.61 Å². The largest absolute Gasteiger partial charge is 0.460 e. The van der Waals surface area contributed by atoms with Gasteiger partial charge in [0.05, 0.1) is 6.20 Å². The molecule has 1 N–H and O–H groups in total. The molecule has 2 aromatic rings. The molecule has 0 saturated heterocycles. The van der Waals surface area contributed by atoms with Gasteiger partial charge >= 0.3 is 0 Å². The predicted molar refractivity (Wildman–Crippen MR) is 61.7 cm³/mol. The van der Waals surface area contributed by atoms with Crippen molar-refractivity contribution in [2.45, 2.75) is 6.61 Å². The summed E-state index contributed by atoms with van der Waals surface area (Å²) < 4.78 is 28.4. The number of benzene rings is 1. The Balaban J connectivity index is 1.72. The van der Waals surface area contributed by atoms with Crippen molar-refractivity contribution in [3.8, 4) is 17.5 Å². The first-order valence-electron chi connectivity index (χ1n) is 5.48. The van der Waals surface area contributed by atoms with Gasteiger partial charge in [-0.15, -0.1) is 0 Å². The molecular formula is C12H9FN2O4. The van der Waals surface area contributed by atoms with Crippen LogP contribution in [-0.2, 0) is 6.61 Å². The van der Waals surface area contributed by atoms with Crippen molar-refractivity contribution < 1.29 is 18.6 Å². The third kappa shape index (κ3) is 2.35. The molecule has 0 bridgehead atoms. The number of nitrogens with zero attached hydrogens (tertiary/aromatic N) is 1. The maximum Gasteiger partial charge on any atom is 0.296 e. The lowest BCUT2D eigenvalue weighted by Gasteiger charge is -2.05. The van der Waals surface area contributed by atoms with Crippen molar-refractivity contribution in [1.29, 1.82) is 0 Å². The highest BCUT2D eigenvalue weighted by Crippen LogP contribution is 2.32. The van der Waals surface area contributed by atoms with Gasteiger partial charge in [-0.05, 0) is 17.7 Å². The maximum atomic E-state index is 12.7. The summed E-state index contributed by atoms with van der Waals surface area (Å²) in [5.41, 5.74) is -0.0492. The van der Waals surface area contributed by atoms with E-state index in [-0.39, 0.29) is 19.4 Å². The van der Waals surface area contributed by atoms with Crippen molar-refractivity contribution in [1.82, 2.24) is 9.97 Å². The lowest BCUT2D eigenvalue weighted by Crippen LogP contribution is -2.13. The van der Waals surface area contributed by atoms with Crippen LogP contribution in [0.5, 0.6) is 17.5 Å². The Kier molecular flexibility index (Phi) is 2.79. The fraction of sp³-hybridized carbons (Fsp3) is 0.167. The van der Waals surface area contributed by atoms with Crippen molar-refractivity contribution in [2.24, 2.45) is 0 Å². The van der Waals surface area contributed by atoms with Gasteiger partial charge in [0.15, 0.2) is 11.5 Å². The summed E-state index contributed by atoms with van der Waals surface area (Å²) >= 11 is 0. The van der Waals surface area contributed by atoms with E-state index in [1.165, 1.54) is 0 Å². The maximum absolute atomic E-state index is 12.7. The van der Waals surface area contributed by atoms with Gasteiger partial charge in [0.2, 0.25) is 12.6 Å². The van der Waals surface area contributed by atoms with Crippen LogP contribution in [0.25, 0.3) is 0 Å². The molecule has 0 aliphatic carbocycles. The first kappa shape index (κ1) is 11.5. The molecule has 1 aromatic heterocycles. The Morgan fingerprint density at radius 1 is 1.37 bits per heavy atom. The van der Waals surface area contributed by atoms with Crippen LogP contribution in [0, 0.1) is 5.82 Å². The highest BCUT2D eigenvalue weighted by Gasteiger charge is 2.13. The lowest BCUT2D eigenvalue weighted by molar-refractivity contribution is 0.174. The van der Waals surface area contributed by atoms with E-state index in [0.29, 0.717) is 11.5 Å². The van der Waals surface area contributed by atoms with Crippen LogP contribution in [0.4, 0.5) is 4.39 Å². The number of halogens is 1. The van der Waals surface area contributed by atoms with E-state index in [4.69, 9.17) is 14.2 Å². The molecule has 1 aromatic carbocycles. The summed E-state index contributed by atoms with van der Waals surface area (Å²) in [5, 5.41) is 0. The number of aromatic amines is 1. The number of hydrogen-bond donors (Lipinski definition) is 1. The molecule has 7 heteroatoms. The zero-order valence-corrected chi connectivity index (χ0v) is 9.68. The van der Waals surface area contributed by atoms with Crippen molar-refractivity contribution in [3.63, 3.8) is 0 Å². The average Bonchev–Trinajstić information content (AvgIpc) is 2.87. The van der Waals surface area contributed by atoms with Gasteiger partial charge in [-0.2, -0.15) is 4.39 Å². The highest BCUT2D eigenvalue weighted by molar-refractivity contribution is 5.44. The van der Waals surface area contributed by atoms with Gasteiger partial charge in [0, 0.05) is 0 Å². The van der Waals surface area contributed by atoms with E-state index in [2.05, 4.69) is 9.97 Å². The molecular weight excluding hydrogens is 255 g/mol. The topological polar surface area (TPSA) is 73.4 Å². The quantitative estimate of drug-likeness (QED) is 0.902. The molecule has 1 aliphatic heterocycles. The van der Waals surface area contributed by atoms with E-state index in [1.54, 1.807) is 18.2 Å². The van der Waals surface area contributed by atoms with Gasteiger partial charge in [-0.3, -0.25) is 9.78 Å². The summed E-state index contributed by atoms with van der Waals surface area (Å²) in [5.74, 6) is 0.370. The molecule has 2 heterocycles. The fourth-order valence-electron chi connectivity index (χ4n) is 1.62. The zero-order valence-electron chi connectivity index (χ0n) is 9.68. The van der Waals surface area contributed by atoms with Gasteiger partial charge < -0.3 is 14.2 Å². The first-order chi connectivity index (χ1) is 9.22. The second-order valence-electron chi connectivity index (χ2n) is 3.84. The van der Waals surface area contributed by atoms with E-state index in [1.807, 2.05) is 0 Å². The monoisotopic (exact) mass is 264 g/mol. The van der Waals surface area contributed by atoms with Crippen LogP contribution in [-0.4, -0.2) is 16.8 Å². The number of hydrogen-bond acceptors (Lipinski definition) is 5. The number of rotatable bonds is 3. The van der Waals surface area contributed by atoms with Gasteiger partial charge in [0.25, 0.3) is 11.6 Å². The van der Waals surface area contributed by atoms with E-state index >= 15 is 0 Å².